The van der Waals surface area contributed by atoms with Crippen molar-refractivity contribution in [3.8, 4) is 0 Å². The Morgan fingerprint density at radius 2 is 2.07 bits per heavy atom. The molecule has 1 aliphatic carbocycles. The lowest BCUT2D eigenvalue weighted by Crippen LogP contribution is -2.46. The minimum atomic E-state index is -0.305. The van der Waals surface area contributed by atoms with E-state index in [2.05, 4.69) is 19.2 Å². The van der Waals surface area contributed by atoms with E-state index in [1.54, 1.807) is 4.57 Å². The Labute approximate surface area is 171 Å². The third kappa shape index (κ3) is 4.43. The maximum absolute atomic E-state index is 12.9. The normalized spacial score (nSPS) is 23.5. The second-order valence-corrected chi connectivity index (χ2v) is 9.32. The van der Waals surface area contributed by atoms with E-state index < -0.39 is 0 Å². The molecule has 1 amide bonds. The first kappa shape index (κ1) is 20.9. The van der Waals surface area contributed by atoms with Crippen LogP contribution in [0.15, 0.2) is 34.2 Å². The molecule has 28 heavy (non-hydrogen) atoms. The molecule has 0 unspecified atom stereocenters. The van der Waals surface area contributed by atoms with Crippen molar-refractivity contribution >= 4 is 28.6 Å². The molecule has 0 bridgehead atoms. The first-order valence-electron chi connectivity index (χ1n) is 10.4. The summed E-state index contributed by atoms with van der Waals surface area (Å²) in [4.78, 5) is 30.4. The van der Waals surface area contributed by atoms with Gasteiger partial charge in [0.25, 0.3) is 5.56 Å². The van der Waals surface area contributed by atoms with Crippen molar-refractivity contribution in [3.05, 3.63) is 34.6 Å². The van der Waals surface area contributed by atoms with Crippen LogP contribution in [-0.2, 0) is 11.3 Å². The average molecular weight is 402 g/mol. The van der Waals surface area contributed by atoms with Gasteiger partial charge in [-0.15, -0.1) is 0 Å². The van der Waals surface area contributed by atoms with Crippen molar-refractivity contribution in [1.82, 2.24) is 14.9 Å². The largest absolute Gasteiger partial charge is 0.352 e. The molecule has 6 heteroatoms. The number of rotatable bonds is 6. The molecule has 4 atom stereocenters. The highest BCUT2D eigenvalue weighted by Gasteiger charge is 2.30. The Balaban J connectivity index is 1.80. The second-order valence-electron chi connectivity index (χ2n) is 8.01. The number of benzene rings is 1. The number of nitrogens with one attached hydrogen (secondary N) is 1. The Hall–Kier alpha value is -1.82. The third-order valence-electron chi connectivity index (χ3n) is 5.96. The van der Waals surface area contributed by atoms with E-state index in [1.165, 1.54) is 24.6 Å². The Kier molecular flexibility index (Phi) is 6.81. The smallest absolute Gasteiger partial charge is 0.262 e. The van der Waals surface area contributed by atoms with Gasteiger partial charge in [0.2, 0.25) is 5.91 Å². The molecule has 3 rings (SSSR count). The van der Waals surface area contributed by atoms with E-state index in [1.807, 2.05) is 38.1 Å². The molecule has 1 aromatic carbocycles. The summed E-state index contributed by atoms with van der Waals surface area (Å²) in [5.41, 5.74) is 0.655. The third-order valence-corrected chi connectivity index (χ3v) is 7.05. The fourth-order valence-electron chi connectivity index (χ4n) is 3.96. The van der Waals surface area contributed by atoms with E-state index in [0.717, 1.165) is 12.8 Å². The Morgan fingerprint density at radius 1 is 1.32 bits per heavy atom. The minimum Gasteiger partial charge on any atom is -0.352 e. The summed E-state index contributed by atoms with van der Waals surface area (Å²) in [5.74, 6) is 1.16. The topological polar surface area (TPSA) is 64.0 Å². The minimum absolute atomic E-state index is 0.0291. The lowest BCUT2D eigenvalue weighted by atomic mass is 9.78. The molecule has 0 saturated heterocycles. The van der Waals surface area contributed by atoms with Crippen molar-refractivity contribution < 1.29 is 4.79 Å². The van der Waals surface area contributed by atoms with Gasteiger partial charge in [-0.1, -0.05) is 57.5 Å². The number of aromatic nitrogens is 2. The molecule has 0 aliphatic heterocycles. The van der Waals surface area contributed by atoms with Crippen molar-refractivity contribution in [3.63, 3.8) is 0 Å². The molecule has 0 spiro atoms. The summed E-state index contributed by atoms with van der Waals surface area (Å²) in [6.07, 6.45) is 4.29. The van der Waals surface area contributed by atoms with Crippen molar-refractivity contribution in [2.75, 3.05) is 0 Å². The standard InChI is InChI=1S/C22H31N3O2S/c1-5-13-25-21(27)17-10-6-7-11-19(17)24-22(25)28-16(4)20(26)23-18-12-8-9-14(2)15(18)3/h6-7,10-11,14-16,18H,5,8-9,12-13H2,1-4H3,(H,23,26)/t14-,15-,16-,18-/m0/s1. The molecule has 1 aliphatic rings. The number of carbonyl (C=O) groups excluding carboxylic acids is 1. The van der Waals surface area contributed by atoms with Crippen LogP contribution in [0.3, 0.4) is 0 Å². The Morgan fingerprint density at radius 3 is 2.82 bits per heavy atom. The first-order chi connectivity index (χ1) is 13.4. The fourth-order valence-corrected chi connectivity index (χ4v) is 4.90. The molecule has 1 aromatic heterocycles. The zero-order chi connectivity index (χ0) is 20.3. The van der Waals surface area contributed by atoms with E-state index in [4.69, 9.17) is 4.98 Å². The molecule has 1 heterocycles. The van der Waals surface area contributed by atoms with Crippen LogP contribution < -0.4 is 10.9 Å². The lowest BCUT2D eigenvalue weighted by Gasteiger charge is -2.35. The van der Waals surface area contributed by atoms with Gasteiger partial charge in [-0.2, -0.15) is 0 Å². The van der Waals surface area contributed by atoms with Gasteiger partial charge in [0.1, 0.15) is 0 Å². The molecule has 1 N–H and O–H groups in total. The number of hydrogen-bond acceptors (Lipinski definition) is 4. The van der Waals surface area contributed by atoms with Crippen molar-refractivity contribution in [2.24, 2.45) is 11.8 Å². The van der Waals surface area contributed by atoms with Gasteiger partial charge in [0.05, 0.1) is 16.2 Å². The fraction of sp³-hybridized carbons (Fsp3) is 0.591. The highest BCUT2D eigenvalue weighted by atomic mass is 32.2. The zero-order valence-electron chi connectivity index (χ0n) is 17.3. The van der Waals surface area contributed by atoms with Crippen LogP contribution in [0.5, 0.6) is 0 Å². The van der Waals surface area contributed by atoms with Crippen molar-refractivity contribution in [2.45, 2.75) is 76.4 Å². The van der Waals surface area contributed by atoms with Gasteiger partial charge >= 0.3 is 0 Å². The van der Waals surface area contributed by atoms with Gasteiger partial charge in [0.15, 0.2) is 5.16 Å². The number of para-hydroxylation sites is 1. The molecule has 1 fully saturated rings. The first-order valence-corrected chi connectivity index (χ1v) is 11.3. The number of amides is 1. The molecular formula is C22H31N3O2S. The number of thioether (sulfide) groups is 1. The summed E-state index contributed by atoms with van der Waals surface area (Å²) in [7, 11) is 0. The summed E-state index contributed by atoms with van der Waals surface area (Å²) >= 11 is 1.38. The van der Waals surface area contributed by atoms with Crippen LogP contribution >= 0.6 is 11.8 Å². The van der Waals surface area contributed by atoms with Gasteiger partial charge in [0, 0.05) is 12.6 Å². The number of fused-ring (bicyclic) bond motifs is 1. The van der Waals surface area contributed by atoms with E-state index in [0.29, 0.717) is 34.4 Å². The van der Waals surface area contributed by atoms with Crippen LogP contribution in [0.4, 0.5) is 0 Å². The maximum Gasteiger partial charge on any atom is 0.262 e. The monoisotopic (exact) mass is 401 g/mol. The maximum atomic E-state index is 12.9. The van der Waals surface area contributed by atoms with Gasteiger partial charge < -0.3 is 5.32 Å². The van der Waals surface area contributed by atoms with Gasteiger partial charge in [-0.05, 0) is 43.7 Å². The Bertz CT molecular complexity index is 895. The van der Waals surface area contributed by atoms with Crippen LogP contribution in [0.2, 0.25) is 0 Å². The van der Waals surface area contributed by atoms with Gasteiger partial charge in [-0.25, -0.2) is 4.98 Å². The van der Waals surface area contributed by atoms with Crippen LogP contribution in [0.1, 0.15) is 53.4 Å². The highest BCUT2D eigenvalue weighted by Crippen LogP contribution is 2.30. The summed E-state index contributed by atoms with van der Waals surface area (Å²) in [6.45, 7) is 9.04. The number of nitrogens with zero attached hydrogens (tertiary/aromatic N) is 2. The molecule has 152 valence electrons. The lowest BCUT2D eigenvalue weighted by molar-refractivity contribution is -0.121. The molecule has 0 radical (unpaired) electrons. The van der Waals surface area contributed by atoms with E-state index >= 15 is 0 Å². The summed E-state index contributed by atoms with van der Waals surface area (Å²) < 4.78 is 1.71. The van der Waals surface area contributed by atoms with E-state index in [-0.39, 0.29) is 22.8 Å². The van der Waals surface area contributed by atoms with Gasteiger partial charge in [-0.3, -0.25) is 14.2 Å². The number of carbonyl (C=O) groups is 1. The number of hydrogen-bond donors (Lipinski definition) is 1. The van der Waals surface area contributed by atoms with E-state index in [9.17, 15) is 9.59 Å². The molecule has 2 aromatic rings. The second kappa shape index (κ2) is 9.12. The van der Waals surface area contributed by atoms with Crippen LogP contribution in [-0.4, -0.2) is 26.8 Å². The van der Waals surface area contributed by atoms with Crippen LogP contribution in [0.25, 0.3) is 10.9 Å². The molecular weight excluding hydrogens is 370 g/mol. The molecule has 5 nitrogen and oxygen atoms in total. The average Bonchev–Trinajstić information content (AvgIpc) is 2.68. The zero-order valence-corrected chi connectivity index (χ0v) is 18.1. The quantitative estimate of drug-likeness (QED) is 0.581. The van der Waals surface area contributed by atoms with Crippen molar-refractivity contribution in [1.29, 1.82) is 0 Å². The summed E-state index contributed by atoms with van der Waals surface area (Å²) in [6, 6.07) is 7.65. The SMILES string of the molecule is CCCn1c(S[C@@H](C)C(=O)N[C@H]2CCC[C@H](C)[C@@H]2C)nc2ccccc2c1=O. The predicted molar refractivity (Wildman–Crippen MR) is 116 cm³/mol. The highest BCUT2D eigenvalue weighted by molar-refractivity contribution is 8.00. The predicted octanol–water partition coefficient (Wildman–Crippen LogP) is 4.23. The van der Waals surface area contributed by atoms with Crippen LogP contribution in [0, 0.1) is 11.8 Å². The summed E-state index contributed by atoms with van der Waals surface area (Å²) in [5, 5.41) is 4.19. The molecule has 1 saturated carbocycles.